The third-order valence-corrected chi connectivity index (χ3v) is 9.38. The fourth-order valence-corrected chi connectivity index (χ4v) is 6.93. The van der Waals surface area contributed by atoms with Crippen molar-refractivity contribution in [3.63, 3.8) is 0 Å². The summed E-state index contributed by atoms with van der Waals surface area (Å²) in [6.45, 7) is 18.2. The number of ketones is 2. The lowest BCUT2D eigenvalue weighted by atomic mass is 9.72. The van der Waals surface area contributed by atoms with Crippen LogP contribution >= 0.6 is 0 Å². The first-order valence-electron chi connectivity index (χ1n) is 15.5. The molecular formula is C38H45N2O2+. The van der Waals surface area contributed by atoms with Gasteiger partial charge in [-0.2, -0.15) is 4.58 Å². The first kappa shape index (κ1) is 29.7. The number of carbonyl (C=O) groups excluding carboxylic acids is 2. The van der Waals surface area contributed by atoms with Crippen LogP contribution in [0.3, 0.4) is 0 Å². The van der Waals surface area contributed by atoms with E-state index in [1.807, 2.05) is 24.3 Å². The summed E-state index contributed by atoms with van der Waals surface area (Å²) in [6, 6.07) is 16.9. The van der Waals surface area contributed by atoms with E-state index in [2.05, 4.69) is 98.9 Å². The summed E-state index contributed by atoms with van der Waals surface area (Å²) in [5.41, 5.74) is 6.64. The van der Waals surface area contributed by atoms with Crippen LogP contribution in [-0.4, -0.2) is 34.9 Å². The molecule has 2 aliphatic heterocycles. The van der Waals surface area contributed by atoms with Gasteiger partial charge in [0.05, 0.1) is 11.0 Å². The third kappa shape index (κ3) is 5.06. The van der Waals surface area contributed by atoms with Crippen molar-refractivity contribution in [1.82, 2.24) is 0 Å². The number of rotatable bonds is 12. The highest BCUT2D eigenvalue weighted by Crippen LogP contribution is 2.49. The average molecular weight is 562 g/mol. The first-order chi connectivity index (χ1) is 20.1. The van der Waals surface area contributed by atoms with Crippen molar-refractivity contribution >= 4 is 28.7 Å². The number of benzene rings is 2. The van der Waals surface area contributed by atoms with Crippen LogP contribution in [0, 0.1) is 5.92 Å². The Kier molecular flexibility index (Phi) is 8.37. The second-order valence-corrected chi connectivity index (χ2v) is 12.9. The first-order valence-corrected chi connectivity index (χ1v) is 15.5. The average Bonchev–Trinajstić information content (AvgIpc) is 3.33. The Bertz CT molecular complexity index is 1500. The second kappa shape index (κ2) is 11.8. The molecule has 0 aromatic heterocycles. The molecule has 0 amide bonds. The molecule has 0 saturated heterocycles. The number of Topliss-reactive ketones (excluding diaryl/α,β-unsaturated/α-hetero) is 2. The van der Waals surface area contributed by atoms with E-state index in [1.165, 1.54) is 22.5 Å². The fraction of sp³-hybridized carbons (Fsp3) is 0.395. The topological polar surface area (TPSA) is 40.4 Å². The molecule has 4 heteroatoms. The predicted octanol–water partition coefficient (Wildman–Crippen LogP) is 8.15. The number of hydrogen-bond acceptors (Lipinski definition) is 3. The van der Waals surface area contributed by atoms with Gasteiger partial charge >= 0.3 is 0 Å². The van der Waals surface area contributed by atoms with Gasteiger partial charge in [-0.05, 0) is 63.7 Å². The molecule has 4 nitrogen and oxygen atoms in total. The molecular weight excluding hydrogens is 516 g/mol. The second-order valence-electron chi connectivity index (χ2n) is 12.9. The van der Waals surface area contributed by atoms with Crippen molar-refractivity contribution in [3.05, 3.63) is 108 Å². The van der Waals surface area contributed by atoms with E-state index in [4.69, 9.17) is 0 Å². The minimum absolute atomic E-state index is 0.0725. The Morgan fingerprint density at radius 2 is 1.43 bits per heavy atom. The summed E-state index contributed by atoms with van der Waals surface area (Å²) in [5.74, 6) is -0.877. The SMILES string of the molecule is C=CCCCCN1/C(=C/C2C(=O)C(=CC3=[N+](CCCCC=C)c4ccccc4C3(C)C)C2=O)C(C)(C)c2ccccc21. The van der Waals surface area contributed by atoms with Crippen molar-refractivity contribution in [2.24, 2.45) is 5.92 Å². The van der Waals surface area contributed by atoms with Crippen LogP contribution in [0.1, 0.15) is 77.3 Å². The number of fused-ring (bicyclic) bond motifs is 2. The van der Waals surface area contributed by atoms with Crippen LogP contribution in [-0.2, 0) is 20.4 Å². The normalized spacial score (nSPS) is 21.0. The molecule has 0 atom stereocenters. The molecule has 218 valence electrons. The van der Waals surface area contributed by atoms with Crippen molar-refractivity contribution in [2.75, 3.05) is 18.0 Å². The van der Waals surface area contributed by atoms with Crippen molar-refractivity contribution in [2.45, 2.75) is 77.0 Å². The highest BCUT2D eigenvalue weighted by atomic mass is 16.2. The van der Waals surface area contributed by atoms with Crippen LogP contribution in [0.4, 0.5) is 11.4 Å². The van der Waals surface area contributed by atoms with Gasteiger partial charge in [0, 0.05) is 47.5 Å². The van der Waals surface area contributed by atoms with Crippen LogP contribution in [0.2, 0.25) is 0 Å². The zero-order valence-corrected chi connectivity index (χ0v) is 25.8. The lowest BCUT2D eigenvalue weighted by molar-refractivity contribution is -0.438. The van der Waals surface area contributed by atoms with E-state index >= 15 is 0 Å². The van der Waals surface area contributed by atoms with Gasteiger partial charge in [-0.25, -0.2) is 0 Å². The maximum absolute atomic E-state index is 13.7. The minimum Gasteiger partial charge on any atom is -0.344 e. The number of nitrogens with zero attached hydrogens (tertiary/aromatic N) is 2. The molecule has 2 aromatic rings. The summed E-state index contributed by atoms with van der Waals surface area (Å²) in [6.07, 6.45) is 13.9. The van der Waals surface area contributed by atoms with E-state index in [0.717, 1.165) is 63.0 Å². The van der Waals surface area contributed by atoms with Gasteiger partial charge in [0.1, 0.15) is 12.5 Å². The molecule has 3 aliphatic rings. The molecule has 0 N–H and O–H groups in total. The molecule has 0 unspecified atom stereocenters. The van der Waals surface area contributed by atoms with E-state index in [1.54, 1.807) is 0 Å². The molecule has 5 rings (SSSR count). The zero-order valence-electron chi connectivity index (χ0n) is 25.8. The summed E-state index contributed by atoms with van der Waals surface area (Å²) in [5, 5.41) is 0. The molecule has 1 saturated carbocycles. The smallest absolute Gasteiger partial charge is 0.209 e. The Hall–Kier alpha value is -3.79. The van der Waals surface area contributed by atoms with Crippen LogP contribution in [0.25, 0.3) is 0 Å². The van der Waals surface area contributed by atoms with E-state index < -0.39 is 5.92 Å². The molecule has 1 aliphatic carbocycles. The van der Waals surface area contributed by atoms with Crippen LogP contribution < -0.4 is 4.90 Å². The maximum atomic E-state index is 13.7. The van der Waals surface area contributed by atoms with Crippen LogP contribution in [0.15, 0.2) is 97.3 Å². The quantitative estimate of drug-likeness (QED) is 0.0656. The van der Waals surface area contributed by atoms with Gasteiger partial charge in [-0.15, -0.1) is 13.2 Å². The summed E-state index contributed by atoms with van der Waals surface area (Å²) in [4.78, 5) is 29.8. The molecule has 0 radical (unpaired) electrons. The predicted molar refractivity (Wildman–Crippen MR) is 174 cm³/mol. The van der Waals surface area contributed by atoms with Gasteiger partial charge in [0.25, 0.3) is 0 Å². The van der Waals surface area contributed by atoms with Gasteiger partial charge in [0.2, 0.25) is 5.69 Å². The Morgan fingerprint density at radius 1 is 0.810 bits per heavy atom. The zero-order chi connectivity index (χ0) is 30.1. The van der Waals surface area contributed by atoms with Crippen LogP contribution in [0.5, 0.6) is 0 Å². The number of allylic oxidation sites excluding steroid dienone is 6. The number of anilines is 1. The summed E-state index contributed by atoms with van der Waals surface area (Å²) in [7, 11) is 0. The Balaban J connectivity index is 1.46. The molecule has 2 heterocycles. The standard InChI is InChI=1S/C38H45N2O2/c1-7-9-11-17-23-39-31-21-15-13-19-29(31)37(3,4)33(39)25-27-35(41)28(36(27)42)26-34-38(5,6)30-20-14-16-22-32(30)40(34)24-18-12-10-8-2/h7-8,13-16,19-22,25-27H,1-2,9-12,17-18,23-24H2,3-6H3/q+1/b28-26?,33-25+. The lowest BCUT2D eigenvalue weighted by Gasteiger charge is -2.31. The highest BCUT2D eigenvalue weighted by Gasteiger charge is 2.50. The molecule has 42 heavy (non-hydrogen) atoms. The Morgan fingerprint density at radius 3 is 2.12 bits per heavy atom. The van der Waals surface area contributed by atoms with Gasteiger partial charge < -0.3 is 4.90 Å². The molecule has 0 bridgehead atoms. The maximum Gasteiger partial charge on any atom is 0.209 e. The highest BCUT2D eigenvalue weighted by molar-refractivity contribution is 6.41. The molecule has 1 fully saturated rings. The van der Waals surface area contributed by atoms with Gasteiger partial charge in [0.15, 0.2) is 17.3 Å². The minimum atomic E-state index is -0.732. The van der Waals surface area contributed by atoms with Crippen molar-refractivity contribution in [3.8, 4) is 0 Å². The fourth-order valence-electron chi connectivity index (χ4n) is 6.93. The van der Waals surface area contributed by atoms with E-state index in [0.29, 0.717) is 5.57 Å². The largest absolute Gasteiger partial charge is 0.344 e. The molecule has 0 spiro atoms. The summed E-state index contributed by atoms with van der Waals surface area (Å²) < 4.78 is 2.32. The summed E-state index contributed by atoms with van der Waals surface area (Å²) >= 11 is 0. The Labute approximate surface area is 251 Å². The van der Waals surface area contributed by atoms with E-state index in [-0.39, 0.29) is 22.4 Å². The van der Waals surface area contributed by atoms with Crippen molar-refractivity contribution in [1.29, 1.82) is 0 Å². The van der Waals surface area contributed by atoms with Crippen molar-refractivity contribution < 1.29 is 14.2 Å². The number of carbonyl (C=O) groups is 2. The monoisotopic (exact) mass is 561 g/mol. The number of para-hydroxylation sites is 2. The van der Waals surface area contributed by atoms with E-state index in [9.17, 15) is 9.59 Å². The molecule has 2 aromatic carbocycles. The third-order valence-electron chi connectivity index (χ3n) is 9.38. The lowest BCUT2D eigenvalue weighted by Crippen LogP contribution is -2.43. The van der Waals surface area contributed by atoms with Gasteiger partial charge in [-0.1, -0.05) is 62.4 Å². The number of unbranched alkanes of at least 4 members (excludes halogenated alkanes) is 4. The van der Waals surface area contributed by atoms with Gasteiger partial charge in [-0.3, -0.25) is 9.59 Å². The number of hydrogen-bond donors (Lipinski definition) is 0.